The molecule has 0 aliphatic heterocycles. The van der Waals surface area contributed by atoms with Gasteiger partial charge < -0.3 is 5.32 Å². The molecular weight excluding hydrogens is 242 g/mol. The van der Waals surface area contributed by atoms with Crippen molar-refractivity contribution in [2.45, 2.75) is 59.4 Å². The first-order valence-electron chi connectivity index (χ1n) is 8.23. The van der Waals surface area contributed by atoms with Gasteiger partial charge in [-0.3, -0.25) is 0 Å². The molecule has 0 radical (unpaired) electrons. The monoisotopic (exact) mass is 273 g/mol. The number of benzene rings is 1. The zero-order chi connectivity index (χ0) is 14.7. The van der Waals surface area contributed by atoms with E-state index in [1.165, 1.54) is 42.4 Å². The van der Waals surface area contributed by atoms with Crippen molar-refractivity contribution in [3.63, 3.8) is 0 Å². The van der Waals surface area contributed by atoms with Crippen molar-refractivity contribution in [1.29, 1.82) is 0 Å². The maximum Gasteiger partial charge on any atom is 0.0133 e. The predicted octanol–water partition coefficient (Wildman–Crippen LogP) is 4.51. The van der Waals surface area contributed by atoms with E-state index in [4.69, 9.17) is 0 Å². The van der Waals surface area contributed by atoms with Gasteiger partial charge in [-0.05, 0) is 75.5 Å². The van der Waals surface area contributed by atoms with Crippen LogP contribution in [0.4, 0.5) is 0 Å². The van der Waals surface area contributed by atoms with Crippen LogP contribution in [0, 0.1) is 31.6 Å². The summed E-state index contributed by atoms with van der Waals surface area (Å²) in [6.07, 6.45) is 5.37. The van der Waals surface area contributed by atoms with Crippen LogP contribution in [0.5, 0.6) is 0 Å². The molecule has 2 rings (SSSR count). The molecule has 1 aliphatic rings. The van der Waals surface area contributed by atoms with Crippen molar-refractivity contribution in [2.75, 3.05) is 7.05 Å². The van der Waals surface area contributed by atoms with Gasteiger partial charge in [0.15, 0.2) is 0 Å². The SMILES string of the molecule is CNC(Cc1cc(C)ccc1C)C1CC(C)CC(C)C1. The Bertz CT molecular complexity index is 427. The third-order valence-corrected chi connectivity index (χ3v) is 5.10. The lowest BCUT2D eigenvalue weighted by Crippen LogP contribution is -2.39. The number of aryl methyl sites for hydroxylation is 2. The van der Waals surface area contributed by atoms with Crippen molar-refractivity contribution < 1.29 is 0 Å². The second-order valence-corrected chi connectivity index (χ2v) is 7.21. The van der Waals surface area contributed by atoms with Crippen molar-refractivity contribution in [3.8, 4) is 0 Å². The van der Waals surface area contributed by atoms with Crippen LogP contribution in [0.3, 0.4) is 0 Å². The van der Waals surface area contributed by atoms with Gasteiger partial charge in [-0.25, -0.2) is 0 Å². The number of hydrogen-bond acceptors (Lipinski definition) is 1. The van der Waals surface area contributed by atoms with E-state index in [1.54, 1.807) is 0 Å². The molecule has 1 N–H and O–H groups in total. The van der Waals surface area contributed by atoms with Crippen LogP contribution in [0.2, 0.25) is 0 Å². The summed E-state index contributed by atoms with van der Waals surface area (Å²) in [7, 11) is 2.14. The highest BCUT2D eigenvalue weighted by Gasteiger charge is 2.29. The molecule has 1 aromatic carbocycles. The smallest absolute Gasteiger partial charge is 0.0133 e. The van der Waals surface area contributed by atoms with E-state index in [-0.39, 0.29) is 0 Å². The Hall–Kier alpha value is -0.820. The van der Waals surface area contributed by atoms with Gasteiger partial charge >= 0.3 is 0 Å². The zero-order valence-electron chi connectivity index (χ0n) is 13.9. The van der Waals surface area contributed by atoms with E-state index >= 15 is 0 Å². The largest absolute Gasteiger partial charge is 0.316 e. The molecule has 1 aliphatic carbocycles. The van der Waals surface area contributed by atoms with Gasteiger partial charge in [-0.2, -0.15) is 0 Å². The van der Waals surface area contributed by atoms with Gasteiger partial charge in [0.05, 0.1) is 0 Å². The lowest BCUT2D eigenvalue weighted by Gasteiger charge is -2.36. The normalized spacial score (nSPS) is 28.4. The molecule has 0 saturated heterocycles. The van der Waals surface area contributed by atoms with Gasteiger partial charge in [-0.15, -0.1) is 0 Å². The van der Waals surface area contributed by atoms with Crippen LogP contribution >= 0.6 is 0 Å². The zero-order valence-corrected chi connectivity index (χ0v) is 13.9. The molecule has 1 heteroatoms. The standard InChI is InChI=1S/C19H31N/c1-13-6-7-16(4)17(9-13)12-19(20-5)18-10-14(2)8-15(3)11-18/h6-7,9,14-15,18-20H,8,10-12H2,1-5H3. The first-order chi connectivity index (χ1) is 9.49. The van der Waals surface area contributed by atoms with Crippen LogP contribution in [0.1, 0.15) is 49.8 Å². The average molecular weight is 273 g/mol. The Morgan fingerprint density at radius 3 is 2.35 bits per heavy atom. The van der Waals surface area contributed by atoms with Crippen molar-refractivity contribution in [3.05, 3.63) is 34.9 Å². The molecule has 1 fully saturated rings. The predicted molar refractivity (Wildman–Crippen MR) is 88.1 cm³/mol. The Balaban J connectivity index is 2.10. The summed E-state index contributed by atoms with van der Waals surface area (Å²) in [4.78, 5) is 0. The minimum Gasteiger partial charge on any atom is -0.316 e. The summed E-state index contributed by atoms with van der Waals surface area (Å²) < 4.78 is 0. The summed E-state index contributed by atoms with van der Waals surface area (Å²) in [5.74, 6) is 2.61. The van der Waals surface area contributed by atoms with Crippen LogP contribution in [-0.2, 0) is 6.42 Å². The van der Waals surface area contributed by atoms with Crippen molar-refractivity contribution in [1.82, 2.24) is 5.32 Å². The molecule has 112 valence electrons. The average Bonchev–Trinajstić information content (AvgIpc) is 2.38. The van der Waals surface area contributed by atoms with E-state index in [2.05, 4.69) is 58.3 Å². The van der Waals surface area contributed by atoms with Gasteiger partial charge in [-0.1, -0.05) is 37.6 Å². The van der Waals surface area contributed by atoms with Crippen LogP contribution < -0.4 is 5.32 Å². The van der Waals surface area contributed by atoms with Crippen molar-refractivity contribution >= 4 is 0 Å². The van der Waals surface area contributed by atoms with Gasteiger partial charge in [0.25, 0.3) is 0 Å². The van der Waals surface area contributed by atoms with Gasteiger partial charge in [0, 0.05) is 6.04 Å². The molecule has 0 bridgehead atoms. The van der Waals surface area contributed by atoms with Crippen LogP contribution in [0.15, 0.2) is 18.2 Å². The van der Waals surface area contributed by atoms with E-state index < -0.39 is 0 Å². The number of nitrogens with one attached hydrogen (secondary N) is 1. The Morgan fingerprint density at radius 1 is 1.10 bits per heavy atom. The summed E-state index contributed by atoms with van der Waals surface area (Å²) in [6.45, 7) is 9.29. The Labute approximate surface area is 125 Å². The summed E-state index contributed by atoms with van der Waals surface area (Å²) >= 11 is 0. The molecule has 1 aromatic rings. The molecule has 3 atom stereocenters. The highest BCUT2D eigenvalue weighted by Crippen LogP contribution is 2.35. The molecular formula is C19H31N. The molecule has 3 unspecified atom stereocenters. The van der Waals surface area contributed by atoms with Gasteiger partial charge in [0.1, 0.15) is 0 Å². The molecule has 0 spiro atoms. The van der Waals surface area contributed by atoms with E-state index in [1.807, 2.05) is 0 Å². The van der Waals surface area contributed by atoms with Crippen LogP contribution in [-0.4, -0.2) is 13.1 Å². The fraction of sp³-hybridized carbons (Fsp3) is 0.684. The first kappa shape index (κ1) is 15.6. The number of likely N-dealkylation sites (N-methyl/N-ethyl adjacent to an activating group) is 1. The maximum atomic E-state index is 3.61. The highest BCUT2D eigenvalue weighted by atomic mass is 14.9. The topological polar surface area (TPSA) is 12.0 Å². The summed E-state index contributed by atoms with van der Waals surface area (Å²) in [5.41, 5.74) is 4.34. The van der Waals surface area contributed by atoms with Crippen LogP contribution in [0.25, 0.3) is 0 Å². The lowest BCUT2D eigenvalue weighted by atomic mass is 9.72. The third-order valence-electron chi connectivity index (χ3n) is 5.10. The minimum atomic E-state index is 0.626. The highest BCUT2D eigenvalue weighted by molar-refractivity contribution is 5.31. The first-order valence-corrected chi connectivity index (χ1v) is 8.23. The molecule has 0 heterocycles. The van der Waals surface area contributed by atoms with Crippen molar-refractivity contribution in [2.24, 2.45) is 17.8 Å². The third kappa shape index (κ3) is 3.85. The second kappa shape index (κ2) is 6.76. The van der Waals surface area contributed by atoms with Gasteiger partial charge in [0.2, 0.25) is 0 Å². The fourth-order valence-electron chi connectivity index (χ4n) is 4.10. The maximum absolute atomic E-state index is 3.61. The van der Waals surface area contributed by atoms with E-state index in [0.29, 0.717) is 6.04 Å². The summed E-state index contributed by atoms with van der Waals surface area (Å²) in [6, 6.07) is 7.48. The fourth-order valence-corrected chi connectivity index (χ4v) is 4.10. The minimum absolute atomic E-state index is 0.626. The molecule has 0 amide bonds. The Morgan fingerprint density at radius 2 is 1.75 bits per heavy atom. The second-order valence-electron chi connectivity index (χ2n) is 7.21. The number of hydrogen-bond donors (Lipinski definition) is 1. The number of rotatable bonds is 4. The van der Waals surface area contributed by atoms with E-state index in [9.17, 15) is 0 Å². The molecule has 0 aromatic heterocycles. The molecule has 20 heavy (non-hydrogen) atoms. The summed E-state index contributed by atoms with van der Waals surface area (Å²) in [5, 5.41) is 3.61. The quantitative estimate of drug-likeness (QED) is 0.851. The molecule has 1 saturated carbocycles. The Kier molecular flexibility index (Phi) is 5.26. The lowest BCUT2D eigenvalue weighted by molar-refractivity contribution is 0.179. The molecule has 1 nitrogen and oxygen atoms in total. The van der Waals surface area contributed by atoms with E-state index in [0.717, 1.165) is 17.8 Å².